The molecule has 0 saturated heterocycles. The molecule has 1 aromatic heterocycles. The van der Waals surface area contributed by atoms with E-state index in [0.29, 0.717) is 0 Å². The molecule has 0 atom stereocenters. The van der Waals surface area contributed by atoms with Gasteiger partial charge in [0.1, 0.15) is 0 Å². The van der Waals surface area contributed by atoms with Gasteiger partial charge in [-0.15, -0.1) is 0 Å². The van der Waals surface area contributed by atoms with Crippen LogP contribution in [0.1, 0.15) is 24.5 Å². The van der Waals surface area contributed by atoms with Gasteiger partial charge in [0.05, 0.1) is 11.4 Å². The van der Waals surface area contributed by atoms with Crippen molar-refractivity contribution in [2.75, 3.05) is 12.4 Å². The van der Waals surface area contributed by atoms with Crippen molar-refractivity contribution >= 4 is 5.69 Å². The third-order valence-corrected chi connectivity index (χ3v) is 2.07. The Bertz CT molecular complexity index is 253. The molecule has 0 radical (unpaired) electrons. The highest BCUT2D eigenvalue weighted by Crippen LogP contribution is 2.41. The lowest BCUT2D eigenvalue weighted by atomic mass is 10.2. The van der Waals surface area contributed by atoms with Gasteiger partial charge in [-0.25, -0.2) is 0 Å². The van der Waals surface area contributed by atoms with E-state index in [2.05, 4.69) is 16.4 Å². The average Bonchev–Trinajstić information content (AvgIpc) is 2.87. The maximum Gasteiger partial charge on any atom is 0.0665 e. The first-order valence-corrected chi connectivity index (χ1v) is 4.04. The van der Waals surface area contributed by atoms with Crippen LogP contribution in [0, 0.1) is 0 Å². The van der Waals surface area contributed by atoms with Crippen LogP contribution in [0.4, 0.5) is 5.69 Å². The molecule has 1 aliphatic rings. The maximum atomic E-state index is 4.35. The van der Waals surface area contributed by atoms with E-state index in [9.17, 15) is 0 Å². The summed E-state index contributed by atoms with van der Waals surface area (Å²) in [4.78, 5) is 4.35. The molecular weight excluding hydrogens is 136 g/mol. The zero-order valence-electron chi connectivity index (χ0n) is 6.67. The Morgan fingerprint density at radius 1 is 1.55 bits per heavy atom. The van der Waals surface area contributed by atoms with Crippen molar-refractivity contribution in [3.05, 3.63) is 24.0 Å². The number of nitrogens with one attached hydrogen (secondary N) is 1. The molecule has 58 valence electrons. The van der Waals surface area contributed by atoms with Gasteiger partial charge in [-0.05, 0) is 25.0 Å². The van der Waals surface area contributed by atoms with Gasteiger partial charge in [-0.3, -0.25) is 4.98 Å². The molecule has 2 rings (SSSR count). The minimum atomic E-state index is 0.735. The van der Waals surface area contributed by atoms with E-state index in [4.69, 9.17) is 0 Å². The van der Waals surface area contributed by atoms with Crippen LogP contribution in [0.5, 0.6) is 0 Å². The van der Waals surface area contributed by atoms with E-state index in [1.54, 1.807) is 0 Å². The fourth-order valence-electron chi connectivity index (χ4n) is 1.31. The van der Waals surface area contributed by atoms with Crippen LogP contribution in [0.15, 0.2) is 18.3 Å². The van der Waals surface area contributed by atoms with Crippen LogP contribution in [0.2, 0.25) is 0 Å². The fraction of sp³-hybridized carbons (Fsp3) is 0.444. The Morgan fingerprint density at radius 2 is 2.36 bits per heavy atom. The second kappa shape index (κ2) is 2.53. The quantitative estimate of drug-likeness (QED) is 0.693. The molecule has 0 bridgehead atoms. The topological polar surface area (TPSA) is 24.9 Å². The van der Waals surface area contributed by atoms with Crippen molar-refractivity contribution in [3.63, 3.8) is 0 Å². The normalized spacial score (nSPS) is 16.5. The SMILES string of the molecule is CNc1cccnc1C1CC1. The molecule has 1 saturated carbocycles. The zero-order chi connectivity index (χ0) is 7.68. The first kappa shape index (κ1) is 6.65. The van der Waals surface area contributed by atoms with E-state index in [-0.39, 0.29) is 0 Å². The van der Waals surface area contributed by atoms with E-state index >= 15 is 0 Å². The number of anilines is 1. The second-order valence-corrected chi connectivity index (χ2v) is 2.96. The maximum absolute atomic E-state index is 4.35. The van der Waals surface area contributed by atoms with Gasteiger partial charge in [0.15, 0.2) is 0 Å². The second-order valence-electron chi connectivity index (χ2n) is 2.96. The standard InChI is InChI=1S/C9H12N2/c1-10-8-3-2-6-11-9(8)7-4-5-7/h2-3,6-7,10H,4-5H2,1H3. The summed E-state index contributed by atoms with van der Waals surface area (Å²) in [6.45, 7) is 0. The molecule has 2 heteroatoms. The van der Waals surface area contributed by atoms with E-state index in [1.165, 1.54) is 24.2 Å². The van der Waals surface area contributed by atoms with Gasteiger partial charge in [0.2, 0.25) is 0 Å². The van der Waals surface area contributed by atoms with Crippen LogP contribution < -0.4 is 5.32 Å². The highest BCUT2D eigenvalue weighted by atomic mass is 14.9. The predicted octanol–water partition coefficient (Wildman–Crippen LogP) is 2.00. The molecule has 1 N–H and O–H groups in total. The van der Waals surface area contributed by atoms with Crippen molar-refractivity contribution < 1.29 is 0 Å². The summed E-state index contributed by atoms with van der Waals surface area (Å²) in [6.07, 6.45) is 4.49. The van der Waals surface area contributed by atoms with Crippen molar-refractivity contribution in [1.29, 1.82) is 0 Å². The van der Waals surface area contributed by atoms with Crippen molar-refractivity contribution in [2.24, 2.45) is 0 Å². The highest BCUT2D eigenvalue weighted by molar-refractivity contribution is 5.49. The molecule has 1 aliphatic carbocycles. The Kier molecular flexibility index (Phi) is 1.53. The number of hydrogen-bond acceptors (Lipinski definition) is 2. The summed E-state index contributed by atoms with van der Waals surface area (Å²) in [5.41, 5.74) is 2.44. The first-order chi connectivity index (χ1) is 5.42. The summed E-state index contributed by atoms with van der Waals surface area (Å²) < 4.78 is 0. The summed E-state index contributed by atoms with van der Waals surface area (Å²) in [5.74, 6) is 0.735. The lowest BCUT2D eigenvalue weighted by Gasteiger charge is -2.04. The summed E-state index contributed by atoms with van der Waals surface area (Å²) in [7, 11) is 1.95. The van der Waals surface area contributed by atoms with E-state index in [0.717, 1.165) is 5.92 Å². The summed E-state index contributed by atoms with van der Waals surface area (Å²) in [5, 5.41) is 3.15. The average molecular weight is 148 g/mol. The lowest BCUT2D eigenvalue weighted by molar-refractivity contribution is 1.02. The van der Waals surface area contributed by atoms with E-state index < -0.39 is 0 Å². The molecule has 1 aromatic rings. The van der Waals surface area contributed by atoms with Gasteiger partial charge in [-0.2, -0.15) is 0 Å². The first-order valence-electron chi connectivity index (χ1n) is 4.04. The lowest BCUT2D eigenvalue weighted by Crippen LogP contribution is -1.95. The third kappa shape index (κ3) is 1.20. The molecule has 11 heavy (non-hydrogen) atoms. The number of nitrogens with zero attached hydrogens (tertiary/aromatic N) is 1. The smallest absolute Gasteiger partial charge is 0.0665 e. The van der Waals surface area contributed by atoms with Gasteiger partial charge in [-0.1, -0.05) is 0 Å². The van der Waals surface area contributed by atoms with Crippen LogP contribution in [-0.4, -0.2) is 12.0 Å². The Morgan fingerprint density at radius 3 is 3.00 bits per heavy atom. The largest absolute Gasteiger partial charge is 0.387 e. The molecular formula is C9H12N2. The number of rotatable bonds is 2. The fourth-order valence-corrected chi connectivity index (χ4v) is 1.31. The number of hydrogen-bond donors (Lipinski definition) is 1. The zero-order valence-corrected chi connectivity index (χ0v) is 6.67. The molecule has 0 aliphatic heterocycles. The molecule has 1 fully saturated rings. The van der Waals surface area contributed by atoms with Crippen molar-refractivity contribution in [2.45, 2.75) is 18.8 Å². The minimum Gasteiger partial charge on any atom is -0.387 e. The monoisotopic (exact) mass is 148 g/mol. The van der Waals surface area contributed by atoms with Crippen molar-refractivity contribution in [3.8, 4) is 0 Å². The van der Waals surface area contributed by atoms with Crippen LogP contribution >= 0.6 is 0 Å². The summed E-state index contributed by atoms with van der Waals surface area (Å²) >= 11 is 0. The molecule has 0 unspecified atom stereocenters. The predicted molar refractivity (Wildman–Crippen MR) is 45.8 cm³/mol. The molecule has 0 amide bonds. The van der Waals surface area contributed by atoms with Gasteiger partial charge < -0.3 is 5.32 Å². The Balaban J connectivity index is 2.34. The molecule has 2 nitrogen and oxygen atoms in total. The van der Waals surface area contributed by atoms with Crippen LogP contribution in [0.3, 0.4) is 0 Å². The minimum absolute atomic E-state index is 0.735. The van der Waals surface area contributed by atoms with Crippen molar-refractivity contribution in [1.82, 2.24) is 4.98 Å². The number of aromatic nitrogens is 1. The van der Waals surface area contributed by atoms with E-state index in [1.807, 2.05) is 19.3 Å². The molecule has 0 aromatic carbocycles. The Labute approximate surface area is 66.7 Å². The highest BCUT2D eigenvalue weighted by Gasteiger charge is 2.26. The third-order valence-electron chi connectivity index (χ3n) is 2.07. The Hall–Kier alpha value is -1.05. The van der Waals surface area contributed by atoms with Gasteiger partial charge in [0, 0.05) is 19.2 Å². The number of pyridine rings is 1. The van der Waals surface area contributed by atoms with Gasteiger partial charge in [0.25, 0.3) is 0 Å². The van der Waals surface area contributed by atoms with Crippen LogP contribution in [0.25, 0.3) is 0 Å². The molecule has 0 spiro atoms. The van der Waals surface area contributed by atoms with Gasteiger partial charge >= 0.3 is 0 Å². The molecule has 1 heterocycles. The van der Waals surface area contributed by atoms with Crippen LogP contribution in [-0.2, 0) is 0 Å². The summed E-state index contributed by atoms with van der Waals surface area (Å²) in [6, 6.07) is 4.05.